The molecule has 0 fully saturated rings. The Kier molecular flexibility index (Phi) is 6.23. The maximum atomic E-state index is 13.6. The third-order valence-corrected chi connectivity index (χ3v) is 7.49. The standard InChI is InChI=1S/C30H35NO5/c1-7-36-25-9-8-18(12-26(25)33-4)21-14-22-20-15-28(35-6)27(34-5)13-19(20)10-11-31(22)23-16-30(2,3)17-24(32)29(21)23/h8-9,12-15,21H,7,10-11,16-17H2,1-6H3/t21-/m0/s1. The predicted molar refractivity (Wildman–Crippen MR) is 140 cm³/mol. The van der Waals surface area contributed by atoms with E-state index in [1.807, 2.05) is 19.1 Å². The first-order valence-corrected chi connectivity index (χ1v) is 12.6. The highest BCUT2D eigenvalue weighted by Gasteiger charge is 2.43. The molecule has 0 saturated carbocycles. The topological polar surface area (TPSA) is 57.2 Å². The van der Waals surface area contributed by atoms with Crippen LogP contribution in [0, 0.1) is 5.41 Å². The Labute approximate surface area is 213 Å². The Morgan fingerprint density at radius 1 is 0.944 bits per heavy atom. The molecule has 2 aromatic rings. The largest absolute Gasteiger partial charge is 0.493 e. The number of carbonyl (C=O) groups is 1. The highest BCUT2D eigenvalue weighted by atomic mass is 16.5. The number of hydrogen-bond donors (Lipinski definition) is 0. The molecule has 0 spiro atoms. The molecule has 0 bridgehead atoms. The maximum absolute atomic E-state index is 13.6. The van der Waals surface area contributed by atoms with E-state index in [-0.39, 0.29) is 17.1 Å². The molecule has 2 aliphatic heterocycles. The monoisotopic (exact) mass is 489 g/mol. The van der Waals surface area contributed by atoms with Crippen LogP contribution in [0.3, 0.4) is 0 Å². The number of rotatable bonds is 6. The van der Waals surface area contributed by atoms with Gasteiger partial charge in [0.05, 0.1) is 27.9 Å². The molecule has 36 heavy (non-hydrogen) atoms. The number of allylic oxidation sites excluding steroid dienone is 3. The third-order valence-electron chi connectivity index (χ3n) is 7.49. The number of benzene rings is 2. The van der Waals surface area contributed by atoms with Gasteiger partial charge in [0.15, 0.2) is 28.8 Å². The summed E-state index contributed by atoms with van der Waals surface area (Å²) in [5, 5.41) is 0. The summed E-state index contributed by atoms with van der Waals surface area (Å²) in [6.07, 6.45) is 4.53. The second kappa shape index (κ2) is 9.23. The molecule has 0 N–H and O–H groups in total. The van der Waals surface area contributed by atoms with Crippen molar-refractivity contribution in [2.75, 3.05) is 34.5 Å². The van der Waals surface area contributed by atoms with Gasteiger partial charge >= 0.3 is 0 Å². The molecule has 0 radical (unpaired) electrons. The van der Waals surface area contributed by atoms with E-state index in [2.05, 4.69) is 43.0 Å². The fourth-order valence-corrected chi connectivity index (χ4v) is 5.88. The first-order valence-electron chi connectivity index (χ1n) is 12.6. The lowest BCUT2D eigenvalue weighted by atomic mass is 9.69. The predicted octanol–water partition coefficient (Wildman–Crippen LogP) is 5.75. The van der Waals surface area contributed by atoms with Crippen LogP contribution in [0.15, 0.2) is 47.7 Å². The second-order valence-corrected chi connectivity index (χ2v) is 10.4. The smallest absolute Gasteiger partial charge is 0.162 e. The first-order chi connectivity index (χ1) is 17.3. The van der Waals surface area contributed by atoms with Gasteiger partial charge in [0.25, 0.3) is 0 Å². The molecule has 1 atom stereocenters. The molecule has 0 amide bonds. The molecule has 190 valence electrons. The zero-order chi connectivity index (χ0) is 25.6. The lowest BCUT2D eigenvalue weighted by Gasteiger charge is -2.46. The van der Waals surface area contributed by atoms with E-state index < -0.39 is 0 Å². The minimum absolute atomic E-state index is 0.0860. The Hall–Kier alpha value is -3.41. The van der Waals surface area contributed by atoms with Crippen molar-refractivity contribution in [2.45, 2.75) is 46.0 Å². The molecular formula is C30H35NO5. The third kappa shape index (κ3) is 4.02. The van der Waals surface area contributed by atoms with Gasteiger partial charge in [-0.25, -0.2) is 0 Å². The lowest BCUT2D eigenvalue weighted by molar-refractivity contribution is -0.118. The first kappa shape index (κ1) is 24.3. The Bertz CT molecular complexity index is 1270. The average molecular weight is 490 g/mol. The molecule has 1 aliphatic carbocycles. The van der Waals surface area contributed by atoms with Crippen molar-refractivity contribution in [1.82, 2.24) is 4.90 Å². The van der Waals surface area contributed by atoms with Crippen LogP contribution < -0.4 is 18.9 Å². The van der Waals surface area contributed by atoms with Crippen molar-refractivity contribution in [3.63, 3.8) is 0 Å². The Balaban J connectivity index is 1.70. The van der Waals surface area contributed by atoms with Crippen molar-refractivity contribution in [3.8, 4) is 23.0 Å². The van der Waals surface area contributed by atoms with Gasteiger partial charge in [0, 0.05) is 41.4 Å². The fraction of sp³-hybridized carbons (Fsp3) is 0.433. The van der Waals surface area contributed by atoms with Crippen molar-refractivity contribution in [3.05, 3.63) is 64.4 Å². The number of carbonyl (C=O) groups excluding carboxylic acids is 1. The molecule has 6 nitrogen and oxygen atoms in total. The van der Waals surface area contributed by atoms with Gasteiger partial charge < -0.3 is 23.8 Å². The summed E-state index contributed by atoms with van der Waals surface area (Å²) in [7, 11) is 4.98. The van der Waals surface area contributed by atoms with Crippen molar-refractivity contribution in [2.24, 2.45) is 5.41 Å². The number of fused-ring (bicyclic) bond motifs is 4. The van der Waals surface area contributed by atoms with E-state index in [9.17, 15) is 4.79 Å². The summed E-state index contributed by atoms with van der Waals surface area (Å²) in [6.45, 7) is 7.72. The average Bonchev–Trinajstić information content (AvgIpc) is 2.86. The lowest BCUT2D eigenvalue weighted by Crippen LogP contribution is -2.40. The summed E-state index contributed by atoms with van der Waals surface area (Å²) in [6, 6.07) is 10.2. The number of methoxy groups -OCH3 is 3. The minimum atomic E-state index is -0.168. The quantitative estimate of drug-likeness (QED) is 0.515. The van der Waals surface area contributed by atoms with Crippen LogP contribution >= 0.6 is 0 Å². The molecule has 6 heteroatoms. The number of ether oxygens (including phenoxy) is 4. The van der Waals surface area contributed by atoms with E-state index in [4.69, 9.17) is 18.9 Å². The van der Waals surface area contributed by atoms with Crippen molar-refractivity contribution < 1.29 is 23.7 Å². The van der Waals surface area contributed by atoms with Crippen LogP contribution in [0.25, 0.3) is 5.70 Å². The summed E-state index contributed by atoms with van der Waals surface area (Å²) in [5.41, 5.74) is 6.47. The Morgan fingerprint density at radius 2 is 1.64 bits per heavy atom. The SMILES string of the molecule is CCOc1ccc([C@@H]2C=C3c4cc(OC)c(OC)cc4CCN3C3=C2C(=O)CC(C)(C)C3)cc1OC. The molecule has 2 aromatic carbocycles. The number of nitrogens with zero attached hydrogens (tertiary/aromatic N) is 1. The van der Waals surface area contributed by atoms with Crippen LogP contribution in [0.4, 0.5) is 0 Å². The normalized spacial score (nSPS) is 20.2. The van der Waals surface area contributed by atoms with Crippen LogP contribution in [0.2, 0.25) is 0 Å². The van der Waals surface area contributed by atoms with E-state index in [1.54, 1.807) is 21.3 Å². The molecule has 0 aromatic heterocycles. The van der Waals surface area contributed by atoms with Crippen LogP contribution in [0.5, 0.6) is 23.0 Å². The molecule has 0 unspecified atom stereocenters. The summed E-state index contributed by atoms with van der Waals surface area (Å²) >= 11 is 0. The zero-order valence-electron chi connectivity index (χ0n) is 22.1. The van der Waals surface area contributed by atoms with Crippen LogP contribution in [0.1, 0.15) is 56.2 Å². The van der Waals surface area contributed by atoms with Crippen LogP contribution in [-0.4, -0.2) is 45.2 Å². The van der Waals surface area contributed by atoms with Gasteiger partial charge in [0.2, 0.25) is 0 Å². The van der Waals surface area contributed by atoms with Crippen molar-refractivity contribution in [1.29, 1.82) is 0 Å². The van der Waals surface area contributed by atoms with Gasteiger partial charge in [0.1, 0.15) is 0 Å². The van der Waals surface area contributed by atoms with Gasteiger partial charge in [-0.3, -0.25) is 4.79 Å². The molecule has 5 rings (SSSR count). The van der Waals surface area contributed by atoms with Gasteiger partial charge in [-0.15, -0.1) is 0 Å². The van der Waals surface area contributed by atoms with E-state index in [0.29, 0.717) is 30.3 Å². The van der Waals surface area contributed by atoms with Gasteiger partial charge in [-0.05, 0) is 66.6 Å². The van der Waals surface area contributed by atoms with Gasteiger partial charge in [-0.1, -0.05) is 19.9 Å². The molecule has 0 saturated heterocycles. The minimum Gasteiger partial charge on any atom is -0.493 e. The molecular weight excluding hydrogens is 454 g/mol. The number of hydrogen-bond acceptors (Lipinski definition) is 6. The highest BCUT2D eigenvalue weighted by molar-refractivity contribution is 6.01. The van der Waals surface area contributed by atoms with E-state index in [1.165, 1.54) is 5.56 Å². The van der Waals surface area contributed by atoms with Gasteiger partial charge in [-0.2, -0.15) is 0 Å². The van der Waals surface area contributed by atoms with Crippen molar-refractivity contribution >= 4 is 11.5 Å². The number of ketones is 1. The zero-order valence-corrected chi connectivity index (χ0v) is 22.1. The number of Topliss-reactive ketones (excluding diaryl/α,β-unsaturated/α-hetero) is 1. The summed E-state index contributed by atoms with van der Waals surface area (Å²) in [5.74, 6) is 2.89. The van der Waals surface area contributed by atoms with Crippen LogP contribution in [-0.2, 0) is 11.2 Å². The fourth-order valence-electron chi connectivity index (χ4n) is 5.88. The molecule has 3 aliphatic rings. The van der Waals surface area contributed by atoms with E-state index >= 15 is 0 Å². The summed E-state index contributed by atoms with van der Waals surface area (Å²) < 4.78 is 22.6. The Morgan fingerprint density at radius 3 is 2.33 bits per heavy atom. The molecule has 2 heterocycles. The van der Waals surface area contributed by atoms with E-state index in [0.717, 1.165) is 53.2 Å². The second-order valence-electron chi connectivity index (χ2n) is 10.4. The summed E-state index contributed by atoms with van der Waals surface area (Å²) in [4.78, 5) is 16.0. The maximum Gasteiger partial charge on any atom is 0.162 e. The highest BCUT2D eigenvalue weighted by Crippen LogP contribution is 2.51.